The molecule has 13 nitrogen and oxygen atoms in total. The molecule has 3 rings (SSSR count). The first-order valence-electron chi connectivity index (χ1n) is 10.4. The van der Waals surface area contributed by atoms with Gasteiger partial charge in [-0.15, -0.1) is 0 Å². The number of methoxy groups -OCH3 is 1. The van der Waals surface area contributed by atoms with Crippen LogP contribution in [0.2, 0.25) is 0 Å². The molecule has 0 bridgehead atoms. The normalized spacial score (nSPS) is 10.1. The van der Waals surface area contributed by atoms with E-state index in [4.69, 9.17) is 43.7 Å². The molecule has 37 heavy (non-hydrogen) atoms. The van der Waals surface area contributed by atoms with Crippen molar-refractivity contribution in [2.24, 2.45) is 0 Å². The maximum Gasteiger partial charge on any atom is 0.340 e. The summed E-state index contributed by atoms with van der Waals surface area (Å²) in [6.45, 7) is 2.13. The number of hydrogen-bond donors (Lipinski definition) is 7. The number of esters is 2. The Balaban J connectivity index is 0.000000280. The first-order valence-corrected chi connectivity index (χ1v) is 11.8. The molecular weight excluding hydrogens is 504 g/mol. The summed E-state index contributed by atoms with van der Waals surface area (Å²) in [5, 5.41) is 0. The molecule has 13 N–H and O–H groups in total. The third-order valence-corrected chi connectivity index (χ3v) is 5.44. The molecular formula is C23H30N6O7S. The van der Waals surface area contributed by atoms with Crippen LogP contribution in [0, 0.1) is 0 Å². The van der Waals surface area contributed by atoms with Gasteiger partial charge < -0.3 is 43.9 Å². The Hall–Kier alpha value is -4.69. The highest BCUT2D eigenvalue weighted by Gasteiger charge is 2.19. The average Bonchev–Trinajstić information content (AvgIpc) is 2.85. The molecule has 0 unspecified atom stereocenters. The van der Waals surface area contributed by atoms with E-state index in [1.54, 1.807) is 55.5 Å². The number of rotatable bonds is 4. The Kier molecular flexibility index (Phi) is 11.0. The zero-order valence-electron chi connectivity index (χ0n) is 20.2. The van der Waals surface area contributed by atoms with E-state index in [0.29, 0.717) is 29.1 Å². The van der Waals surface area contributed by atoms with E-state index in [1.165, 1.54) is 7.11 Å². The molecule has 3 aromatic rings. The van der Waals surface area contributed by atoms with Crippen LogP contribution in [0.25, 0.3) is 0 Å². The van der Waals surface area contributed by atoms with E-state index in [1.807, 2.05) is 0 Å². The van der Waals surface area contributed by atoms with Gasteiger partial charge in [-0.2, -0.15) is 8.42 Å². The predicted octanol–water partition coefficient (Wildman–Crippen LogP) is 1.76. The second kappa shape index (κ2) is 13.4. The predicted molar refractivity (Wildman–Crippen MR) is 143 cm³/mol. The Bertz CT molecular complexity index is 1360. The summed E-state index contributed by atoms with van der Waals surface area (Å²) in [5.74, 6) is -0.765. The highest BCUT2D eigenvalue weighted by atomic mass is 32.2. The molecule has 0 aliphatic heterocycles. The van der Waals surface area contributed by atoms with E-state index >= 15 is 0 Å². The van der Waals surface area contributed by atoms with Gasteiger partial charge in [-0.1, -0.05) is 24.3 Å². The van der Waals surface area contributed by atoms with Gasteiger partial charge in [-0.3, -0.25) is 4.55 Å². The van der Waals surface area contributed by atoms with Crippen molar-refractivity contribution >= 4 is 56.2 Å². The van der Waals surface area contributed by atoms with Gasteiger partial charge in [0.2, 0.25) is 0 Å². The number of hydrogen-bond acceptors (Lipinski definition) is 12. The van der Waals surface area contributed by atoms with Crippen molar-refractivity contribution in [3.8, 4) is 0 Å². The monoisotopic (exact) mass is 534 g/mol. The summed E-state index contributed by atoms with van der Waals surface area (Å²) in [5.41, 5.74) is 33.7. The van der Waals surface area contributed by atoms with E-state index in [0.717, 1.165) is 6.07 Å². The first kappa shape index (κ1) is 30.3. The number of carbonyl (C=O) groups is 2. The number of nitrogens with two attached hydrogens (primary N) is 6. The molecule has 14 heteroatoms. The highest BCUT2D eigenvalue weighted by Crippen LogP contribution is 2.34. The Morgan fingerprint density at radius 1 is 0.757 bits per heavy atom. The maximum absolute atomic E-state index is 11.2. The number of carbonyl (C=O) groups excluding carboxylic acids is 2. The first-order chi connectivity index (χ1) is 17.3. The van der Waals surface area contributed by atoms with Gasteiger partial charge in [0.05, 0.1) is 47.6 Å². The van der Waals surface area contributed by atoms with Crippen molar-refractivity contribution in [1.82, 2.24) is 0 Å². The van der Waals surface area contributed by atoms with Crippen LogP contribution in [0.5, 0.6) is 0 Å². The molecule has 0 heterocycles. The van der Waals surface area contributed by atoms with Gasteiger partial charge in [0.15, 0.2) is 0 Å². The van der Waals surface area contributed by atoms with Crippen molar-refractivity contribution in [3.63, 3.8) is 0 Å². The van der Waals surface area contributed by atoms with Crippen molar-refractivity contribution in [1.29, 1.82) is 0 Å². The van der Waals surface area contributed by atoms with E-state index < -0.39 is 21.0 Å². The molecule has 0 aromatic heterocycles. The molecule has 200 valence electrons. The lowest BCUT2D eigenvalue weighted by atomic mass is 10.2. The van der Waals surface area contributed by atoms with Crippen molar-refractivity contribution in [2.45, 2.75) is 11.8 Å². The fraction of sp³-hybridized carbons (Fsp3) is 0.130. The number of para-hydroxylation sites is 2. The van der Waals surface area contributed by atoms with E-state index in [9.17, 15) is 18.0 Å². The van der Waals surface area contributed by atoms with Gasteiger partial charge in [0.25, 0.3) is 10.1 Å². The second-order valence-electron chi connectivity index (χ2n) is 7.07. The van der Waals surface area contributed by atoms with Crippen LogP contribution >= 0.6 is 0 Å². The zero-order valence-corrected chi connectivity index (χ0v) is 21.0. The summed E-state index contributed by atoms with van der Waals surface area (Å²) in [6.07, 6.45) is 0. The van der Waals surface area contributed by atoms with Gasteiger partial charge in [0, 0.05) is 11.4 Å². The van der Waals surface area contributed by atoms with E-state index in [-0.39, 0.29) is 28.7 Å². The molecule has 0 aliphatic carbocycles. The zero-order chi connectivity index (χ0) is 28.3. The number of benzene rings is 3. The maximum atomic E-state index is 11.2. The average molecular weight is 535 g/mol. The van der Waals surface area contributed by atoms with E-state index in [2.05, 4.69) is 4.74 Å². The minimum atomic E-state index is -4.44. The Labute approximate surface area is 214 Å². The lowest BCUT2D eigenvalue weighted by molar-refractivity contribution is 0.0526. The lowest BCUT2D eigenvalue weighted by Gasteiger charge is -2.10. The van der Waals surface area contributed by atoms with Crippen LogP contribution in [0.3, 0.4) is 0 Å². The number of ether oxygens (including phenoxy) is 2. The van der Waals surface area contributed by atoms with Crippen LogP contribution in [0.4, 0.5) is 34.1 Å². The van der Waals surface area contributed by atoms with Crippen molar-refractivity contribution < 1.29 is 32.0 Å². The molecule has 0 atom stereocenters. The van der Waals surface area contributed by atoms with Gasteiger partial charge in [0.1, 0.15) is 4.90 Å². The van der Waals surface area contributed by atoms with Crippen molar-refractivity contribution in [2.75, 3.05) is 48.1 Å². The van der Waals surface area contributed by atoms with Crippen LogP contribution in [-0.4, -0.2) is 38.6 Å². The fourth-order valence-electron chi connectivity index (χ4n) is 2.63. The quantitative estimate of drug-likeness (QED) is 0.143. The molecule has 0 radical (unpaired) electrons. The molecule has 0 fully saturated rings. The fourth-order valence-corrected chi connectivity index (χ4v) is 3.29. The molecule has 0 amide bonds. The van der Waals surface area contributed by atoms with Gasteiger partial charge >= 0.3 is 11.9 Å². The largest absolute Gasteiger partial charge is 0.465 e. The summed E-state index contributed by atoms with van der Waals surface area (Å²) < 4.78 is 39.6. The molecule has 0 aliphatic rings. The van der Waals surface area contributed by atoms with Crippen LogP contribution in [0.15, 0.2) is 59.5 Å². The summed E-state index contributed by atoms with van der Waals surface area (Å²) in [6, 6.07) is 14.6. The molecule has 0 saturated carbocycles. The molecule has 0 saturated heterocycles. The summed E-state index contributed by atoms with van der Waals surface area (Å²) in [4.78, 5) is 21.6. The molecule has 3 aromatic carbocycles. The van der Waals surface area contributed by atoms with Gasteiger partial charge in [-0.25, -0.2) is 9.59 Å². The summed E-state index contributed by atoms with van der Waals surface area (Å²) in [7, 11) is -3.11. The highest BCUT2D eigenvalue weighted by molar-refractivity contribution is 7.86. The summed E-state index contributed by atoms with van der Waals surface area (Å²) >= 11 is 0. The second-order valence-corrected chi connectivity index (χ2v) is 8.46. The third-order valence-electron chi connectivity index (χ3n) is 4.54. The Morgan fingerprint density at radius 2 is 1.22 bits per heavy atom. The Morgan fingerprint density at radius 3 is 1.62 bits per heavy atom. The van der Waals surface area contributed by atoms with Gasteiger partial charge in [-0.05, 0) is 37.3 Å². The number of nitrogen functional groups attached to an aromatic ring is 6. The minimum Gasteiger partial charge on any atom is -0.465 e. The van der Waals surface area contributed by atoms with Crippen molar-refractivity contribution in [3.05, 3.63) is 65.7 Å². The third kappa shape index (κ3) is 8.48. The SMILES string of the molecule is CCOC(=O)c1ccccc1N.COC(=O)c1ccccc1N.Nc1cc(S(=O)(=O)O)c(N)c(N)c1N. The topological polar surface area (TPSA) is 263 Å². The van der Waals surface area contributed by atoms with Crippen LogP contribution < -0.4 is 34.4 Å². The van der Waals surface area contributed by atoms with Crippen LogP contribution in [-0.2, 0) is 19.6 Å². The van der Waals surface area contributed by atoms with Crippen LogP contribution in [0.1, 0.15) is 27.6 Å². The standard InChI is InChI=1S/C9H11NO2.C8H9NO2.C6H10N4O3S/c1-2-12-9(11)7-5-3-4-6-8(7)10;1-11-8(10)6-4-2-3-5-7(6)9;7-2-1-3(14(11,12)13)5(9)6(10)4(2)8/h3-6H,2,10H2,1H3;2-5H,9H2,1H3;1H,7-10H2,(H,11,12,13). The lowest BCUT2D eigenvalue weighted by Crippen LogP contribution is -2.10. The number of anilines is 6. The minimum absolute atomic E-state index is 0.00472. The smallest absolute Gasteiger partial charge is 0.340 e. The molecule has 0 spiro atoms.